The summed E-state index contributed by atoms with van der Waals surface area (Å²) >= 11 is 0. The van der Waals surface area contributed by atoms with E-state index in [0.29, 0.717) is 11.1 Å². The van der Waals surface area contributed by atoms with E-state index in [-0.39, 0.29) is 24.1 Å². The first-order valence-corrected chi connectivity index (χ1v) is 6.50. The van der Waals surface area contributed by atoms with E-state index in [0.717, 1.165) is 6.07 Å². The maximum absolute atomic E-state index is 13.7. The third kappa shape index (κ3) is 3.66. The van der Waals surface area contributed by atoms with Crippen molar-refractivity contribution in [2.75, 3.05) is 0 Å². The van der Waals surface area contributed by atoms with Gasteiger partial charge in [0.1, 0.15) is 11.6 Å². The molecule has 0 saturated heterocycles. The van der Waals surface area contributed by atoms with Crippen LogP contribution in [-0.4, -0.2) is 22.0 Å². The summed E-state index contributed by atoms with van der Waals surface area (Å²) in [7, 11) is 0. The molecule has 0 saturated carbocycles. The van der Waals surface area contributed by atoms with Crippen LogP contribution in [0.1, 0.15) is 18.4 Å². The Morgan fingerprint density at radius 3 is 2.27 bits per heavy atom. The number of carboxylic acids is 1. The van der Waals surface area contributed by atoms with Crippen molar-refractivity contribution >= 4 is 11.7 Å². The molecule has 2 rings (SSSR count). The molecule has 2 aromatic rings. The van der Waals surface area contributed by atoms with Crippen molar-refractivity contribution in [3.05, 3.63) is 59.7 Å². The highest BCUT2D eigenvalue weighted by atomic mass is 19.1. The standard InChI is InChI=1S/C16H13F2NO3/c17-12-5-6-13(14(18)9-12)10-1-3-11(4-2-10)15(19-22)7-8-16(20)21/h1-6,9,22H,7-8H2,(H,20,21). The van der Waals surface area contributed by atoms with Crippen molar-refractivity contribution in [3.8, 4) is 11.1 Å². The second-order valence-electron chi connectivity index (χ2n) is 4.64. The van der Waals surface area contributed by atoms with Crippen molar-refractivity contribution in [2.24, 2.45) is 5.16 Å². The topological polar surface area (TPSA) is 69.9 Å². The van der Waals surface area contributed by atoms with Crippen LogP contribution in [0.25, 0.3) is 11.1 Å². The number of halogens is 2. The van der Waals surface area contributed by atoms with Crippen LogP contribution in [0, 0.1) is 11.6 Å². The van der Waals surface area contributed by atoms with E-state index < -0.39 is 17.6 Å². The SMILES string of the molecule is O=C(O)CCC(=NO)c1ccc(-c2ccc(F)cc2F)cc1. The van der Waals surface area contributed by atoms with E-state index in [1.807, 2.05) is 0 Å². The zero-order valence-electron chi connectivity index (χ0n) is 11.5. The Labute approximate surface area is 125 Å². The van der Waals surface area contributed by atoms with Gasteiger partial charge >= 0.3 is 5.97 Å². The highest BCUT2D eigenvalue weighted by Gasteiger charge is 2.10. The number of nitrogens with zero attached hydrogens (tertiary/aromatic N) is 1. The number of oxime groups is 1. The maximum atomic E-state index is 13.7. The number of aliphatic carboxylic acids is 1. The number of carboxylic acid groups (broad SMARTS) is 1. The van der Waals surface area contributed by atoms with Gasteiger partial charge in [-0.25, -0.2) is 8.78 Å². The molecule has 22 heavy (non-hydrogen) atoms. The van der Waals surface area contributed by atoms with Crippen LogP contribution in [-0.2, 0) is 4.79 Å². The molecule has 0 unspecified atom stereocenters. The highest BCUT2D eigenvalue weighted by Crippen LogP contribution is 2.24. The van der Waals surface area contributed by atoms with Crippen LogP contribution >= 0.6 is 0 Å². The summed E-state index contributed by atoms with van der Waals surface area (Å²) in [5.74, 6) is -2.32. The molecule has 0 bridgehead atoms. The Bertz CT molecular complexity index is 712. The van der Waals surface area contributed by atoms with E-state index in [1.165, 1.54) is 12.1 Å². The van der Waals surface area contributed by atoms with Gasteiger partial charge in [-0.05, 0) is 23.3 Å². The average molecular weight is 305 g/mol. The lowest BCUT2D eigenvalue weighted by atomic mass is 10.00. The smallest absolute Gasteiger partial charge is 0.303 e. The molecule has 0 aliphatic carbocycles. The molecule has 6 heteroatoms. The summed E-state index contributed by atoms with van der Waals surface area (Å²) in [6.07, 6.45) is -0.0795. The van der Waals surface area contributed by atoms with Gasteiger partial charge in [-0.2, -0.15) is 0 Å². The Morgan fingerprint density at radius 2 is 1.73 bits per heavy atom. The van der Waals surface area contributed by atoms with Crippen LogP contribution in [0.2, 0.25) is 0 Å². The number of benzene rings is 2. The minimum Gasteiger partial charge on any atom is -0.481 e. The molecule has 0 atom stereocenters. The third-order valence-corrected chi connectivity index (χ3v) is 3.16. The predicted molar refractivity (Wildman–Crippen MR) is 77.0 cm³/mol. The number of hydrogen-bond acceptors (Lipinski definition) is 3. The summed E-state index contributed by atoms with van der Waals surface area (Å²) in [4.78, 5) is 10.5. The number of carbonyl (C=O) groups is 1. The minimum absolute atomic E-state index is 0.0795. The second-order valence-corrected chi connectivity index (χ2v) is 4.64. The van der Waals surface area contributed by atoms with Crippen molar-refractivity contribution in [1.82, 2.24) is 0 Å². The van der Waals surface area contributed by atoms with Gasteiger partial charge in [0.25, 0.3) is 0 Å². The second kappa shape index (κ2) is 6.80. The lowest BCUT2D eigenvalue weighted by Crippen LogP contribution is -2.05. The largest absolute Gasteiger partial charge is 0.481 e. The fraction of sp³-hybridized carbons (Fsp3) is 0.125. The van der Waals surface area contributed by atoms with Gasteiger partial charge in [0, 0.05) is 18.1 Å². The van der Waals surface area contributed by atoms with Crippen LogP contribution in [0.3, 0.4) is 0 Å². The van der Waals surface area contributed by atoms with Crippen LogP contribution in [0.5, 0.6) is 0 Å². The molecule has 2 N–H and O–H groups in total. The van der Waals surface area contributed by atoms with Crippen LogP contribution in [0.15, 0.2) is 47.6 Å². The quantitative estimate of drug-likeness (QED) is 0.503. The van der Waals surface area contributed by atoms with Gasteiger partial charge in [-0.15, -0.1) is 0 Å². The molecule has 0 heterocycles. The van der Waals surface area contributed by atoms with Crippen molar-refractivity contribution in [1.29, 1.82) is 0 Å². The first-order valence-electron chi connectivity index (χ1n) is 6.50. The molecular weight excluding hydrogens is 292 g/mol. The molecule has 0 radical (unpaired) electrons. The minimum atomic E-state index is -0.994. The van der Waals surface area contributed by atoms with E-state index in [9.17, 15) is 13.6 Å². The molecule has 0 aromatic heterocycles. The fourth-order valence-electron chi connectivity index (χ4n) is 2.04. The zero-order valence-corrected chi connectivity index (χ0v) is 11.5. The van der Waals surface area contributed by atoms with E-state index in [1.54, 1.807) is 24.3 Å². The highest BCUT2D eigenvalue weighted by molar-refractivity contribution is 6.01. The Morgan fingerprint density at radius 1 is 1.05 bits per heavy atom. The fourth-order valence-corrected chi connectivity index (χ4v) is 2.04. The van der Waals surface area contributed by atoms with Crippen LogP contribution in [0.4, 0.5) is 8.78 Å². The van der Waals surface area contributed by atoms with Crippen LogP contribution < -0.4 is 0 Å². The van der Waals surface area contributed by atoms with Gasteiger partial charge in [0.15, 0.2) is 0 Å². The van der Waals surface area contributed by atoms with Gasteiger partial charge < -0.3 is 10.3 Å². The first kappa shape index (κ1) is 15.6. The molecular formula is C16H13F2NO3. The molecule has 4 nitrogen and oxygen atoms in total. The predicted octanol–water partition coefficient (Wildman–Crippen LogP) is 3.67. The van der Waals surface area contributed by atoms with E-state index >= 15 is 0 Å². The molecule has 0 spiro atoms. The Kier molecular flexibility index (Phi) is 4.83. The number of rotatable bonds is 5. The summed E-state index contributed by atoms with van der Waals surface area (Å²) < 4.78 is 26.6. The molecule has 0 fully saturated rings. The molecule has 0 aliphatic rings. The molecule has 114 valence electrons. The summed E-state index contributed by atoms with van der Waals surface area (Å²) in [5.41, 5.74) is 1.56. The third-order valence-electron chi connectivity index (χ3n) is 3.16. The van der Waals surface area contributed by atoms with Gasteiger partial charge in [-0.1, -0.05) is 29.4 Å². The van der Waals surface area contributed by atoms with Gasteiger partial charge in [-0.3, -0.25) is 4.79 Å². The van der Waals surface area contributed by atoms with E-state index in [4.69, 9.17) is 10.3 Å². The zero-order chi connectivity index (χ0) is 16.1. The average Bonchev–Trinajstić information content (AvgIpc) is 2.48. The number of hydrogen-bond donors (Lipinski definition) is 2. The lowest BCUT2D eigenvalue weighted by molar-refractivity contribution is -0.136. The summed E-state index contributed by atoms with van der Waals surface area (Å²) in [6, 6.07) is 9.68. The monoisotopic (exact) mass is 305 g/mol. The normalized spacial score (nSPS) is 11.5. The maximum Gasteiger partial charge on any atom is 0.303 e. The van der Waals surface area contributed by atoms with E-state index in [2.05, 4.69) is 5.16 Å². The van der Waals surface area contributed by atoms with Crippen molar-refractivity contribution in [2.45, 2.75) is 12.8 Å². The molecule has 0 amide bonds. The van der Waals surface area contributed by atoms with Gasteiger partial charge in [0.05, 0.1) is 12.1 Å². The molecule has 2 aromatic carbocycles. The first-order chi connectivity index (χ1) is 10.5. The summed E-state index contributed by atoms with van der Waals surface area (Å²) in [5, 5.41) is 20.7. The van der Waals surface area contributed by atoms with Crippen molar-refractivity contribution < 1.29 is 23.9 Å². The summed E-state index contributed by atoms with van der Waals surface area (Å²) in [6.45, 7) is 0. The Balaban J connectivity index is 2.24. The Hall–Kier alpha value is -2.76. The van der Waals surface area contributed by atoms with Gasteiger partial charge in [0.2, 0.25) is 0 Å². The van der Waals surface area contributed by atoms with Crippen molar-refractivity contribution in [3.63, 3.8) is 0 Å². The lowest BCUT2D eigenvalue weighted by Gasteiger charge is -2.07. The molecule has 0 aliphatic heterocycles.